The summed E-state index contributed by atoms with van der Waals surface area (Å²) in [7, 11) is -2.26. The van der Waals surface area contributed by atoms with Gasteiger partial charge in [-0.25, -0.2) is 8.42 Å². The molecule has 1 aliphatic rings. The molecular formula is C28H29N3O3S. The van der Waals surface area contributed by atoms with E-state index in [1.165, 1.54) is 28.4 Å². The Morgan fingerprint density at radius 3 is 2.43 bits per heavy atom. The molecule has 3 aromatic carbocycles. The van der Waals surface area contributed by atoms with E-state index in [1.807, 2.05) is 30.0 Å². The fraction of sp³-hybridized carbons (Fsp3) is 0.250. The minimum atomic E-state index is -3.79. The van der Waals surface area contributed by atoms with Crippen LogP contribution in [0.3, 0.4) is 0 Å². The number of anilines is 1. The number of sulfonamides is 1. The van der Waals surface area contributed by atoms with Crippen molar-refractivity contribution in [2.24, 2.45) is 0 Å². The molecule has 4 aromatic rings. The average molecular weight is 488 g/mol. The van der Waals surface area contributed by atoms with Gasteiger partial charge in [-0.2, -0.15) is 0 Å². The Morgan fingerprint density at radius 1 is 0.971 bits per heavy atom. The van der Waals surface area contributed by atoms with Crippen molar-refractivity contribution in [1.82, 2.24) is 9.88 Å². The summed E-state index contributed by atoms with van der Waals surface area (Å²) in [5, 5.41) is 1.24. The third kappa shape index (κ3) is 4.44. The first-order valence-corrected chi connectivity index (χ1v) is 13.3. The van der Waals surface area contributed by atoms with Crippen molar-refractivity contribution in [3.8, 4) is 0 Å². The number of amides is 1. The molecule has 1 aromatic heterocycles. The maximum absolute atomic E-state index is 13.3. The number of fused-ring (bicyclic) bond motifs is 1. The Balaban J connectivity index is 1.30. The molecule has 0 atom stereocenters. The van der Waals surface area contributed by atoms with Crippen LogP contribution in [0, 0.1) is 6.92 Å². The number of carbonyl (C=O) groups is 1. The molecule has 0 bridgehead atoms. The van der Waals surface area contributed by atoms with Gasteiger partial charge in [0.05, 0.1) is 10.6 Å². The summed E-state index contributed by atoms with van der Waals surface area (Å²) in [5.74, 6) is 0.266. The lowest BCUT2D eigenvalue weighted by Gasteiger charge is -2.32. The fourth-order valence-corrected chi connectivity index (χ4v) is 6.09. The second-order valence-electron chi connectivity index (χ2n) is 9.19. The quantitative estimate of drug-likeness (QED) is 0.414. The number of piperidine rings is 1. The fourth-order valence-electron chi connectivity index (χ4n) is 4.85. The van der Waals surface area contributed by atoms with E-state index in [9.17, 15) is 13.2 Å². The first kappa shape index (κ1) is 23.2. The summed E-state index contributed by atoms with van der Waals surface area (Å²) >= 11 is 0. The van der Waals surface area contributed by atoms with Crippen LogP contribution in [0.4, 0.5) is 5.69 Å². The molecule has 1 aliphatic heterocycles. The smallest absolute Gasteiger partial charge is 0.264 e. The number of nitrogens with zero attached hydrogens (tertiary/aromatic N) is 2. The lowest BCUT2D eigenvalue weighted by Crippen LogP contribution is -2.38. The van der Waals surface area contributed by atoms with Crippen LogP contribution in [0.1, 0.15) is 40.2 Å². The van der Waals surface area contributed by atoms with E-state index in [2.05, 4.69) is 29.4 Å². The number of aromatic nitrogens is 1. The van der Waals surface area contributed by atoms with Gasteiger partial charge >= 0.3 is 0 Å². The highest BCUT2D eigenvalue weighted by Crippen LogP contribution is 2.33. The second-order valence-corrected chi connectivity index (χ2v) is 11.2. The number of carbonyl (C=O) groups excluding carboxylic acids is 1. The lowest BCUT2D eigenvalue weighted by atomic mass is 9.89. The van der Waals surface area contributed by atoms with Gasteiger partial charge in [-0.1, -0.05) is 42.0 Å². The van der Waals surface area contributed by atoms with Gasteiger partial charge in [0.15, 0.2) is 0 Å². The highest BCUT2D eigenvalue weighted by molar-refractivity contribution is 7.92. The normalized spacial score (nSPS) is 14.9. The summed E-state index contributed by atoms with van der Waals surface area (Å²) < 4.78 is 27.7. The zero-order valence-electron chi connectivity index (χ0n) is 19.9. The topological polar surface area (TPSA) is 73.5 Å². The first-order chi connectivity index (χ1) is 16.8. The van der Waals surface area contributed by atoms with E-state index in [0.29, 0.717) is 30.3 Å². The van der Waals surface area contributed by atoms with Crippen LogP contribution in [0.15, 0.2) is 83.9 Å². The van der Waals surface area contributed by atoms with Crippen LogP contribution in [-0.4, -0.2) is 44.3 Å². The van der Waals surface area contributed by atoms with Crippen molar-refractivity contribution in [1.29, 1.82) is 0 Å². The van der Waals surface area contributed by atoms with Crippen LogP contribution in [0.5, 0.6) is 0 Å². The molecule has 0 spiro atoms. The van der Waals surface area contributed by atoms with Gasteiger partial charge in [0.2, 0.25) is 0 Å². The van der Waals surface area contributed by atoms with Crippen LogP contribution in [-0.2, 0) is 10.0 Å². The van der Waals surface area contributed by atoms with Gasteiger partial charge in [0.1, 0.15) is 0 Å². The van der Waals surface area contributed by atoms with Crippen molar-refractivity contribution >= 4 is 32.5 Å². The van der Waals surface area contributed by atoms with Crippen molar-refractivity contribution in [2.75, 3.05) is 24.4 Å². The van der Waals surface area contributed by atoms with Crippen molar-refractivity contribution < 1.29 is 13.2 Å². The average Bonchev–Trinajstić information content (AvgIpc) is 3.33. The zero-order chi connectivity index (χ0) is 24.6. The highest BCUT2D eigenvalue weighted by Gasteiger charge is 2.28. The number of H-pyrrole nitrogens is 1. The predicted octanol–water partition coefficient (Wildman–Crippen LogP) is 5.32. The van der Waals surface area contributed by atoms with Crippen molar-refractivity contribution in [3.63, 3.8) is 0 Å². The van der Waals surface area contributed by atoms with Crippen LogP contribution in [0.25, 0.3) is 10.9 Å². The third-order valence-corrected chi connectivity index (χ3v) is 8.76. The number of aromatic amines is 1. The van der Waals surface area contributed by atoms with Gasteiger partial charge in [-0.05, 0) is 67.6 Å². The maximum atomic E-state index is 13.3. The molecule has 1 N–H and O–H groups in total. The minimum Gasteiger partial charge on any atom is -0.361 e. The summed E-state index contributed by atoms with van der Waals surface area (Å²) in [6.07, 6.45) is 3.84. The number of benzene rings is 3. The first-order valence-electron chi connectivity index (χ1n) is 11.9. The Bertz CT molecular complexity index is 1470. The molecule has 0 radical (unpaired) electrons. The second kappa shape index (κ2) is 9.23. The van der Waals surface area contributed by atoms with E-state index in [-0.39, 0.29) is 10.8 Å². The van der Waals surface area contributed by atoms with E-state index in [4.69, 9.17) is 0 Å². The molecule has 5 rings (SSSR count). The lowest BCUT2D eigenvalue weighted by molar-refractivity contribution is 0.0713. The molecule has 1 fully saturated rings. The van der Waals surface area contributed by atoms with Gasteiger partial charge in [0, 0.05) is 42.8 Å². The summed E-state index contributed by atoms with van der Waals surface area (Å²) in [4.78, 5) is 18.6. The van der Waals surface area contributed by atoms with E-state index < -0.39 is 10.0 Å². The van der Waals surface area contributed by atoms with E-state index in [1.54, 1.807) is 30.3 Å². The molecule has 35 heavy (non-hydrogen) atoms. The minimum absolute atomic E-state index is 0.111. The highest BCUT2D eigenvalue weighted by atomic mass is 32.2. The Hall–Kier alpha value is -3.58. The van der Waals surface area contributed by atoms with Gasteiger partial charge in [-0.3, -0.25) is 9.10 Å². The monoisotopic (exact) mass is 487 g/mol. The Kier molecular flexibility index (Phi) is 6.11. The molecule has 0 saturated carbocycles. The van der Waals surface area contributed by atoms with E-state index in [0.717, 1.165) is 23.9 Å². The van der Waals surface area contributed by atoms with Crippen LogP contribution in [0.2, 0.25) is 0 Å². The molecule has 7 heteroatoms. The molecule has 1 amide bonds. The standard InChI is InChI=1S/C28H29N3O3S/c1-20-10-12-23(13-11-20)30(2)35(33,34)24-7-5-6-22(18-24)28(32)31-16-14-21(15-17-31)26-19-29-27-9-4-3-8-25(26)27/h3-13,18-19,21,29H,14-17H2,1-2H3. The van der Waals surface area contributed by atoms with Crippen LogP contribution < -0.4 is 4.31 Å². The molecule has 180 valence electrons. The molecular weight excluding hydrogens is 458 g/mol. The molecule has 2 heterocycles. The number of nitrogens with one attached hydrogen (secondary N) is 1. The number of rotatable bonds is 5. The molecule has 0 aliphatic carbocycles. The summed E-state index contributed by atoms with van der Waals surface area (Å²) in [5.41, 5.74) is 4.47. The predicted molar refractivity (Wildman–Crippen MR) is 139 cm³/mol. The largest absolute Gasteiger partial charge is 0.361 e. The number of hydrogen-bond donors (Lipinski definition) is 1. The Morgan fingerprint density at radius 2 is 1.69 bits per heavy atom. The summed E-state index contributed by atoms with van der Waals surface area (Å²) in [6, 6.07) is 22.0. The number of aryl methyl sites for hydroxylation is 1. The van der Waals surface area contributed by atoms with Crippen LogP contribution >= 0.6 is 0 Å². The number of likely N-dealkylation sites (tertiary alicyclic amines) is 1. The molecule has 6 nitrogen and oxygen atoms in total. The SMILES string of the molecule is Cc1ccc(N(C)S(=O)(=O)c2cccc(C(=O)N3CCC(c4c[nH]c5ccccc45)CC3)c2)cc1. The Labute approximate surface area is 206 Å². The maximum Gasteiger partial charge on any atom is 0.264 e. The van der Waals surface area contributed by atoms with Gasteiger partial charge < -0.3 is 9.88 Å². The van der Waals surface area contributed by atoms with Gasteiger partial charge in [0.25, 0.3) is 15.9 Å². The zero-order valence-corrected chi connectivity index (χ0v) is 20.8. The van der Waals surface area contributed by atoms with Gasteiger partial charge in [-0.15, -0.1) is 0 Å². The van der Waals surface area contributed by atoms with E-state index >= 15 is 0 Å². The summed E-state index contributed by atoms with van der Waals surface area (Å²) in [6.45, 7) is 3.24. The number of hydrogen-bond acceptors (Lipinski definition) is 3. The molecule has 0 unspecified atom stereocenters. The third-order valence-electron chi connectivity index (χ3n) is 6.98. The van der Waals surface area contributed by atoms with Crippen molar-refractivity contribution in [3.05, 3.63) is 95.7 Å². The molecule has 1 saturated heterocycles. The van der Waals surface area contributed by atoms with Crippen molar-refractivity contribution in [2.45, 2.75) is 30.6 Å². The number of para-hydroxylation sites is 1.